The van der Waals surface area contributed by atoms with Crippen LogP contribution in [-0.2, 0) is 9.39 Å². The number of carbonyl (C=O) groups is 1. The summed E-state index contributed by atoms with van der Waals surface area (Å²) in [5.74, 6) is 0.124. The lowest BCUT2D eigenvalue weighted by atomic mass is 9.74. The van der Waals surface area contributed by atoms with E-state index in [2.05, 4.69) is 0 Å². The quantitative estimate of drug-likeness (QED) is 0.449. The highest BCUT2D eigenvalue weighted by Crippen LogP contribution is 2.40. The molecule has 0 unspecified atom stereocenters. The Balaban J connectivity index is 2.16. The molecule has 2 aromatic carbocycles. The van der Waals surface area contributed by atoms with Gasteiger partial charge in [-0.25, -0.2) is 4.79 Å². The Hall–Kier alpha value is -1.99. The molecular formula is C24H27BCl2O5. The second kappa shape index (κ2) is 9.48. The van der Waals surface area contributed by atoms with E-state index in [0.717, 1.165) is 22.2 Å². The third kappa shape index (κ3) is 5.15. The molecule has 0 fully saturated rings. The molecule has 0 saturated heterocycles. The zero-order chi connectivity index (χ0) is 23.7. The van der Waals surface area contributed by atoms with Crippen LogP contribution in [0.2, 0.25) is 10.0 Å². The molecule has 1 aliphatic rings. The van der Waals surface area contributed by atoms with Crippen molar-refractivity contribution in [3.63, 3.8) is 0 Å². The molecular weight excluding hydrogens is 450 g/mol. The number of carbonyl (C=O) groups excluding carboxylic acids is 1. The molecule has 5 nitrogen and oxygen atoms in total. The van der Waals surface area contributed by atoms with Crippen molar-refractivity contribution in [3.05, 3.63) is 63.1 Å². The summed E-state index contributed by atoms with van der Waals surface area (Å²) in [5, 5.41) is 11.6. The first-order valence-electron chi connectivity index (χ1n) is 10.3. The average molecular weight is 477 g/mol. The molecule has 0 spiro atoms. The highest BCUT2D eigenvalue weighted by Gasteiger charge is 2.36. The van der Waals surface area contributed by atoms with Gasteiger partial charge < -0.3 is 19.2 Å². The number of esters is 1. The monoisotopic (exact) mass is 476 g/mol. The predicted octanol–water partition coefficient (Wildman–Crippen LogP) is 5.35. The lowest BCUT2D eigenvalue weighted by Crippen LogP contribution is -2.48. The Kier molecular flexibility index (Phi) is 7.30. The first-order valence-corrected chi connectivity index (χ1v) is 11.1. The van der Waals surface area contributed by atoms with Crippen molar-refractivity contribution in [2.75, 3.05) is 13.7 Å². The van der Waals surface area contributed by atoms with Gasteiger partial charge in [0.25, 0.3) is 0 Å². The molecule has 1 N–H and O–H groups in total. The minimum Gasteiger partial charge on any atom is -0.493 e. The van der Waals surface area contributed by atoms with Crippen LogP contribution in [0.5, 0.6) is 5.75 Å². The van der Waals surface area contributed by atoms with Crippen LogP contribution in [0.25, 0.3) is 11.0 Å². The molecule has 3 rings (SSSR count). The SMILES string of the molecule is COC(=O)c1ccc2c(c1)OCCC(c1ccc(Cl)cc1Cl)=C2BOC(C)(C)C(C)(C)O. The van der Waals surface area contributed by atoms with Gasteiger partial charge in [-0.3, -0.25) is 0 Å². The highest BCUT2D eigenvalue weighted by atomic mass is 35.5. The van der Waals surface area contributed by atoms with E-state index < -0.39 is 17.2 Å². The highest BCUT2D eigenvalue weighted by molar-refractivity contribution is 6.59. The van der Waals surface area contributed by atoms with E-state index in [1.165, 1.54) is 7.11 Å². The Bertz CT molecular complexity index is 1060. The van der Waals surface area contributed by atoms with Crippen molar-refractivity contribution in [2.24, 2.45) is 0 Å². The van der Waals surface area contributed by atoms with E-state index in [-0.39, 0.29) is 7.48 Å². The summed E-state index contributed by atoms with van der Waals surface area (Å²) in [6.07, 6.45) is 0.575. The normalized spacial score (nSPS) is 14.4. The first-order chi connectivity index (χ1) is 14.9. The molecule has 0 aromatic heterocycles. The summed E-state index contributed by atoms with van der Waals surface area (Å²) in [4.78, 5) is 12.0. The number of hydrogen-bond donors (Lipinski definition) is 1. The van der Waals surface area contributed by atoms with Gasteiger partial charge in [0.15, 0.2) is 0 Å². The number of aliphatic hydroxyl groups is 1. The van der Waals surface area contributed by atoms with E-state index in [0.29, 0.717) is 34.4 Å². The van der Waals surface area contributed by atoms with Crippen molar-refractivity contribution in [1.29, 1.82) is 0 Å². The van der Waals surface area contributed by atoms with Crippen molar-refractivity contribution in [3.8, 4) is 5.75 Å². The third-order valence-electron chi connectivity index (χ3n) is 6.01. The number of hydrogen-bond acceptors (Lipinski definition) is 5. The van der Waals surface area contributed by atoms with Crippen molar-refractivity contribution >= 4 is 47.7 Å². The van der Waals surface area contributed by atoms with E-state index in [9.17, 15) is 9.90 Å². The molecule has 170 valence electrons. The Labute approximate surface area is 199 Å². The maximum absolute atomic E-state index is 12.0. The van der Waals surface area contributed by atoms with Gasteiger partial charge >= 0.3 is 13.5 Å². The zero-order valence-corrected chi connectivity index (χ0v) is 20.4. The van der Waals surface area contributed by atoms with Crippen LogP contribution in [0.3, 0.4) is 0 Å². The lowest BCUT2D eigenvalue weighted by molar-refractivity contribution is -0.0892. The Morgan fingerprint density at radius 2 is 1.78 bits per heavy atom. The van der Waals surface area contributed by atoms with Gasteiger partial charge in [0.05, 0.1) is 30.5 Å². The standard InChI is InChI=1S/C24H27BCl2O5/c1-23(2,29)24(3,4)32-25-21-17(16-9-7-15(26)13-19(16)27)10-11-31-20-12-14(22(28)30-5)6-8-18(20)21/h6-9,12-13,25,29H,10-11H2,1-5H3. The molecule has 1 heterocycles. The van der Waals surface area contributed by atoms with E-state index in [1.54, 1.807) is 38.1 Å². The molecule has 8 heteroatoms. The number of halogens is 2. The van der Waals surface area contributed by atoms with Crippen LogP contribution in [-0.4, -0.2) is 43.5 Å². The number of methoxy groups -OCH3 is 1. The van der Waals surface area contributed by atoms with Gasteiger partial charge in [0, 0.05) is 22.0 Å². The zero-order valence-electron chi connectivity index (χ0n) is 18.9. The predicted molar refractivity (Wildman–Crippen MR) is 130 cm³/mol. The molecule has 0 saturated carbocycles. The summed E-state index contributed by atoms with van der Waals surface area (Å²) in [7, 11) is 1.55. The van der Waals surface area contributed by atoms with E-state index in [1.807, 2.05) is 26.0 Å². The second-order valence-electron chi connectivity index (χ2n) is 8.74. The fourth-order valence-corrected chi connectivity index (χ4v) is 3.86. The third-order valence-corrected chi connectivity index (χ3v) is 6.56. The molecule has 1 aliphatic heterocycles. The van der Waals surface area contributed by atoms with Crippen molar-refractivity contribution in [1.82, 2.24) is 0 Å². The van der Waals surface area contributed by atoms with Crippen LogP contribution >= 0.6 is 23.2 Å². The number of rotatable bonds is 6. The van der Waals surface area contributed by atoms with Gasteiger partial charge in [-0.2, -0.15) is 0 Å². The second-order valence-corrected chi connectivity index (χ2v) is 9.58. The minimum atomic E-state index is -1.07. The lowest BCUT2D eigenvalue weighted by Gasteiger charge is -2.38. The minimum absolute atomic E-state index is 0.208. The molecule has 0 bridgehead atoms. The molecule has 0 aliphatic carbocycles. The van der Waals surface area contributed by atoms with E-state index >= 15 is 0 Å². The average Bonchev–Trinajstić information content (AvgIpc) is 2.89. The van der Waals surface area contributed by atoms with Gasteiger partial charge in [-0.15, -0.1) is 0 Å². The summed E-state index contributed by atoms with van der Waals surface area (Å²) in [6, 6.07) is 10.6. The first kappa shape index (κ1) is 24.7. The maximum atomic E-state index is 12.0. The molecule has 2 aromatic rings. The smallest absolute Gasteiger partial charge is 0.337 e. The van der Waals surface area contributed by atoms with Crippen LogP contribution in [0.15, 0.2) is 36.4 Å². The molecule has 0 amide bonds. The van der Waals surface area contributed by atoms with Crippen LogP contribution in [0, 0.1) is 0 Å². The maximum Gasteiger partial charge on any atom is 0.337 e. The van der Waals surface area contributed by atoms with Gasteiger partial charge in [-0.1, -0.05) is 35.3 Å². The van der Waals surface area contributed by atoms with Crippen LogP contribution < -0.4 is 4.74 Å². The molecule has 0 radical (unpaired) electrons. The van der Waals surface area contributed by atoms with Crippen molar-refractivity contribution < 1.29 is 24.0 Å². The van der Waals surface area contributed by atoms with Gasteiger partial charge in [0.1, 0.15) is 5.75 Å². The number of fused-ring (bicyclic) bond motifs is 1. The summed E-state index contributed by atoms with van der Waals surface area (Å²) >= 11 is 12.7. The number of ether oxygens (including phenoxy) is 2. The molecule has 0 atom stereocenters. The Morgan fingerprint density at radius 3 is 2.41 bits per heavy atom. The number of benzene rings is 2. The van der Waals surface area contributed by atoms with Crippen molar-refractivity contribution in [2.45, 2.75) is 45.3 Å². The van der Waals surface area contributed by atoms with Gasteiger partial charge in [-0.05, 0) is 68.6 Å². The summed E-state index contributed by atoms with van der Waals surface area (Å²) < 4.78 is 17.1. The topological polar surface area (TPSA) is 65.0 Å². The fraction of sp³-hybridized carbons (Fsp3) is 0.375. The van der Waals surface area contributed by atoms with Crippen LogP contribution in [0.1, 0.15) is 55.6 Å². The summed E-state index contributed by atoms with van der Waals surface area (Å²) in [6.45, 7) is 7.51. The Morgan fingerprint density at radius 1 is 1.09 bits per heavy atom. The fourth-order valence-electron chi connectivity index (χ4n) is 3.34. The largest absolute Gasteiger partial charge is 0.493 e. The van der Waals surface area contributed by atoms with Crippen LogP contribution in [0.4, 0.5) is 0 Å². The summed E-state index contributed by atoms with van der Waals surface area (Å²) in [5.41, 5.74) is 1.97. The molecule has 32 heavy (non-hydrogen) atoms. The van der Waals surface area contributed by atoms with Gasteiger partial charge in [0.2, 0.25) is 0 Å². The van der Waals surface area contributed by atoms with E-state index in [4.69, 9.17) is 37.3 Å².